The Hall–Kier alpha value is -1.68. The molecule has 0 fully saturated rings. The van der Waals surface area contributed by atoms with Crippen LogP contribution in [0.1, 0.15) is 5.56 Å². The Bertz CT molecular complexity index is 415. The van der Waals surface area contributed by atoms with Gasteiger partial charge in [0.25, 0.3) is 0 Å². The number of carboxylic acid groups (broad SMARTS) is 1. The third-order valence-corrected chi connectivity index (χ3v) is 2.04. The van der Waals surface area contributed by atoms with E-state index < -0.39 is 5.97 Å². The first-order valence-electron chi connectivity index (χ1n) is 4.08. The molecule has 0 aliphatic heterocycles. The summed E-state index contributed by atoms with van der Waals surface area (Å²) in [7, 11) is 1.50. The summed E-state index contributed by atoms with van der Waals surface area (Å²) in [6.45, 7) is 0. The van der Waals surface area contributed by atoms with Crippen molar-refractivity contribution in [1.29, 1.82) is 0 Å². The second kappa shape index (κ2) is 4.70. The fourth-order valence-electron chi connectivity index (χ4n) is 1.01. The molecule has 1 aromatic rings. The first kappa shape index (κ1) is 11.4. The second-order valence-corrected chi connectivity index (χ2v) is 3.21. The van der Waals surface area contributed by atoms with Crippen molar-refractivity contribution >= 4 is 23.6 Å². The Morgan fingerprint density at radius 3 is 2.73 bits per heavy atom. The zero-order chi connectivity index (χ0) is 11.4. The molecule has 80 valence electrons. The van der Waals surface area contributed by atoms with Gasteiger partial charge in [-0.1, -0.05) is 17.7 Å². The number of hydrogen-bond donors (Lipinski definition) is 2. The Kier molecular flexibility index (Phi) is 3.57. The van der Waals surface area contributed by atoms with Gasteiger partial charge in [0.1, 0.15) is 11.4 Å². The van der Waals surface area contributed by atoms with Gasteiger partial charge in [-0.05, 0) is 23.8 Å². The van der Waals surface area contributed by atoms with Gasteiger partial charge >= 0.3 is 5.97 Å². The van der Waals surface area contributed by atoms with E-state index in [1.807, 2.05) is 0 Å². The van der Waals surface area contributed by atoms with E-state index >= 15 is 0 Å². The van der Waals surface area contributed by atoms with Crippen LogP contribution in [0.2, 0.25) is 5.02 Å². The molecule has 4 nitrogen and oxygen atoms in total. The van der Waals surface area contributed by atoms with Crippen LogP contribution in [-0.4, -0.2) is 18.2 Å². The van der Waals surface area contributed by atoms with Crippen LogP contribution in [0.5, 0.6) is 5.75 Å². The van der Waals surface area contributed by atoms with Crippen molar-refractivity contribution in [2.45, 2.75) is 0 Å². The van der Waals surface area contributed by atoms with Crippen molar-refractivity contribution in [3.8, 4) is 5.75 Å². The Morgan fingerprint density at radius 2 is 2.27 bits per heavy atom. The minimum absolute atomic E-state index is 0.240. The van der Waals surface area contributed by atoms with Crippen molar-refractivity contribution < 1.29 is 14.6 Å². The van der Waals surface area contributed by atoms with Gasteiger partial charge in [-0.25, -0.2) is 4.79 Å². The monoisotopic (exact) mass is 227 g/mol. The van der Waals surface area contributed by atoms with Gasteiger partial charge in [-0.3, -0.25) is 0 Å². The lowest BCUT2D eigenvalue weighted by atomic mass is 10.2. The summed E-state index contributed by atoms with van der Waals surface area (Å²) >= 11 is 5.85. The molecular weight excluding hydrogens is 218 g/mol. The van der Waals surface area contributed by atoms with Gasteiger partial charge in [-0.15, -0.1) is 0 Å². The predicted molar refractivity (Wildman–Crippen MR) is 57.8 cm³/mol. The molecule has 0 bridgehead atoms. The Labute approximate surface area is 91.9 Å². The number of carboxylic acids is 1. The van der Waals surface area contributed by atoms with E-state index in [1.54, 1.807) is 18.2 Å². The molecule has 0 spiro atoms. The lowest BCUT2D eigenvalue weighted by Gasteiger charge is -2.03. The highest BCUT2D eigenvalue weighted by molar-refractivity contribution is 6.32. The third-order valence-electron chi connectivity index (χ3n) is 1.74. The smallest absolute Gasteiger partial charge is 0.351 e. The number of benzene rings is 1. The fraction of sp³-hybridized carbons (Fsp3) is 0.100. The molecule has 0 aliphatic carbocycles. The highest BCUT2D eigenvalue weighted by Crippen LogP contribution is 2.25. The summed E-state index contributed by atoms with van der Waals surface area (Å²) < 4.78 is 4.95. The average Bonchev–Trinajstić information content (AvgIpc) is 2.18. The number of hydrogen-bond acceptors (Lipinski definition) is 3. The molecule has 0 saturated heterocycles. The molecule has 0 atom stereocenters. The maximum Gasteiger partial charge on any atom is 0.351 e. The van der Waals surface area contributed by atoms with Crippen molar-refractivity contribution in [3.63, 3.8) is 0 Å². The number of methoxy groups -OCH3 is 1. The minimum atomic E-state index is -1.16. The molecule has 1 rings (SSSR count). The van der Waals surface area contributed by atoms with Crippen molar-refractivity contribution in [2.75, 3.05) is 7.11 Å². The van der Waals surface area contributed by atoms with Crippen LogP contribution < -0.4 is 10.5 Å². The third kappa shape index (κ3) is 2.89. The van der Waals surface area contributed by atoms with E-state index in [0.717, 1.165) is 0 Å². The van der Waals surface area contributed by atoms with Crippen LogP contribution in [-0.2, 0) is 4.79 Å². The normalized spacial score (nSPS) is 11.2. The van der Waals surface area contributed by atoms with E-state index in [0.29, 0.717) is 16.3 Å². The minimum Gasteiger partial charge on any atom is -0.495 e. The van der Waals surface area contributed by atoms with Gasteiger partial charge in [0.15, 0.2) is 0 Å². The molecular formula is C10H10ClNO3. The van der Waals surface area contributed by atoms with E-state index in [-0.39, 0.29) is 5.70 Å². The maximum absolute atomic E-state index is 10.5. The molecule has 3 N–H and O–H groups in total. The number of carbonyl (C=O) groups is 1. The number of ether oxygens (including phenoxy) is 1. The molecule has 0 heterocycles. The van der Waals surface area contributed by atoms with E-state index in [4.69, 9.17) is 27.2 Å². The van der Waals surface area contributed by atoms with Gasteiger partial charge in [0, 0.05) is 0 Å². The molecule has 15 heavy (non-hydrogen) atoms. The van der Waals surface area contributed by atoms with Crippen molar-refractivity contribution in [2.24, 2.45) is 5.73 Å². The van der Waals surface area contributed by atoms with Crippen LogP contribution in [0, 0.1) is 0 Å². The zero-order valence-corrected chi connectivity index (χ0v) is 8.78. The van der Waals surface area contributed by atoms with Gasteiger partial charge in [0.05, 0.1) is 12.1 Å². The average molecular weight is 228 g/mol. The first-order chi connectivity index (χ1) is 7.04. The largest absolute Gasteiger partial charge is 0.495 e. The first-order valence-corrected chi connectivity index (χ1v) is 4.46. The topological polar surface area (TPSA) is 72.5 Å². The maximum atomic E-state index is 10.5. The molecule has 0 aliphatic rings. The highest BCUT2D eigenvalue weighted by Gasteiger charge is 2.03. The molecule has 0 amide bonds. The van der Waals surface area contributed by atoms with E-state index in [9.17, 15) is 4.79 Å². The number of halogens is 1. The van der Waals surface area contributed by atoms with Crippen LogP contribution >= 0.6 is 11.6 Å². The quantitative estimate of drug-likeness (QED) is 0.772. The molecule has 1 aromatic carbocycles. The summed E-state index contributed by atoms with van der Waals surface area (Å²) in [4.78, 5) is 10.5. The number of nitrogens with two attached hydrogens (primary N) is 1. The lowest BCUT2D eigenvalue weighted by Crippen LogP contribution is -2.09. The highest BCUT2D eigenvalue weighted by atomic mass is 35.5. The summed E-state index contributed by atoms with van der Waals surface area (Å²) in [6.07, 6.45) is 1.33. The van der Waals surface area contributed by atoms with Crippen molar-refractivity contribution in [3.05, 3.63) is 34.5 Å². The molecule has 5 heteroatoms. The van der Waals surface area contributed by atoms with Crippen molar-refractivity contribution in [1.82, 2.24) is 0 Å². The summed E-state index contributed by atoms with van der Waals surface area (Å²) in [5.74, 6) is -0.635. The van der Waals surface area contributed by atoms with Crippen LogP contribution in [0.4, 0.5) is 0 Å². The molecule has 0 radical (unpaired) electrons. The lowest BCUT2D eigenvalue weighted by molar-refractivity contribution is -0.132. The van der Waals surface area contributed by atoms with Crippen LogP contribution in [0.3, 0.4) is 0 Å². The summed E-state index contributed by atoms with van der Waals surface area (Å²) in [5.41, 5.74) is 5.63. The van der Waals surface area contributed by atoms with Crippen LogP contribution in [0.15, 0.2) is 23.9 Å². The summed E-state index contributed by atoms with van der Waals surface area (Å²) in [5, 5.41) is 8.97. The predicted octanol–water partition coefficient (Wildman–Crippen LogP) is 1.73. The van der Waals surface area contributed by atoms with Crippen LogP contribution in [0.25, 0.3) is 6.08 Å². The molecule has 0 unspecified atom stereocenters. The number of aliphatic carboxylic acids is 1. The van der Waals surface area contributed by atoms with Gasteiger partial charge in [-0.2, -0.15) is 0 Å². The van der Waals surface area contributed by atoms with Gasteiger partial charge < -0.3 is 15.6 Å². The van der Waals surface area contributed by atoms with E-state index in [1.165, 1.54) is 13.2 Å². The number of rotatable bonds is 3. The van der Waals surface area contributed by atoms with Gasteiger partial charge in [0.2, 0.25) is 0 Å². The zero-order valence-electron chi connectivity index (χ0n) is 8.03. The SMILES string of the molecule is COc1ccc(/C=C(\N)C(=O)O)cc1Cl. The fourth-order valence-corrected chi connectivity index (χ4v) is 1.28. The Morgan fingerprint density at radius 1 is 1.60 bits per heavy atom. The molecule has 0 aromatic heterocycles. The Balaban J connectivity index is 3.03. The second-order valence-electron chi connectivity index (χ2n) is 2.80. The molecule has 0 saturated carbocycles. The standard InChI is InChI=1S/C10H10ClNO3/c1-15-9-3-2-6(4-7(9)11)5-8(12)10(13)14/h2-5H,12H2,1H3,(H,13,14)/b8-5-. The van der Waals surface area contributed by atoms with E-state index in [2.05, 4.69) is 0 Å². The summed E-state index contributed by atoms with van der Waals surface area (Å²) in [6, 6.07) is 4.89.